The molecule has 3 N–H and O–H groups in total. The molecule has 3 aromatic rings. The molecule has 106 valence electrons. The fourth-order valence-electron chi connectivity index (χ4n) is 2.04. The van der Waals surface area contributed by atoms with Crippen LogP contribution >= 0.6 is 11.5 Å². The van der Waals surface area contributed by atoms with Crippen LogP contribution in [0.5, 0.6) is 0 Å². The largest absolute Gasteiger partial charge is 0.382 e. The van der Waals surface area contributed by atoms with Gasteiger partial charge in [0.05, 0.1) is 5.56 Å². The van der Waals surface area contributed by atoms with Crippen molar-refractivity contribution < 1.29 is 4.39 Å². The lowest BCUT2D eigenvalue weighted by molar-refractivity contribution is 0.626. The first-order chi connectivity index (χ1) is 10.2. The van der Waals surface area contributed by atoms with Gasteiger partial charge in [-0.05, 0) is 35.3 Å². The quantitative estimate of drug-likeness (QED) is 0.773. The Kier molecular flexibility index (Phi) is 3.79. The molecule has 0 aliphatic rings. The highest BCUT2D eigenvalue weighted by atomic mass is 32.1. The summed E-state index contributed by atoms with van der Waals surface area (Å²) in [6, 6.07) is 10.3. The second-order valence-electron chi connectivity index (χ2n) is 4.50. The molecule has 0 amide bonds. The number of rotatable bonds is 4. The average Bonchev–Trinajstić information content (AvgIpc) is 2.87. The van der Waals surface area contributed by atoms with Gasteiger partial charge in [-0.2, -0.15) is 4.37 Å². The van der Waals surface area contributed by atoms with Gasteiger partial charge >= 0.3 is 0 Å². The van der Waals surface area contributed by atoms with Crippen molar-refractivity contribution in [2.45, 2.75) is 6.54 Å². The first kappa shape index (κ1) is 13.5. The van der Waals surface area contributed by atoms with E-state index in [1.807, 2.05) is 18.2 Å². The Hall–Kier alpha value is -2.47. The maximum atomic E-state index is 13.2. The Labute approximate surface area is 125 Å². The molecule has 2 heterocycles. The molecule has 0 unspecified atom stereocenters. The molecule has 0 aliphatic carbocycles. The van der Waals surface area contributed by atoms with E-state index in [9.17, 15) is 4.39 Å². The number of nitrogens with two attached hydrogens (primary N) is 1. The van der Waals surface area contributed by atoms with Crippen molar-refractivity contribution in [1.82, 2.24) is 9.36 Å². The highest BCUT2D eigenvalue weighted by molar-refractivity contribution is 7.11. The molecule has 3 rings (SSSR count). The van der Waals surface area contributed by atoms with Crippen LogP contribution in [-0.2, 0) is 6.54 Å². The summed E-state index contributed by atoms with van der Waals surface area (Å²) in [6.07, 6.45) is 3.45. The Morgan fingerprint density at radius 3 is 2.90 bits per heavy atom. The van der Waals surface area contributed by atoms with Crippen molar-refractivity contribution in [2.75, 3.05) is 11.1 Å². The SMILES string of the molecule is Nc1nsc(NCc2cccc(F)c2)c1-c1cccnc1. The average molecular weight is 300 g/mol. The van der Waals surface area contributed by atoms with E-state index >= 15 is 0 Å². The summed E-state index contributed by atoms with van der Waals surface area (Å²) in [5.41, 5.74) is 8.54. The van der Waals surface area contributed by atoms with Gasteiger partial charge in [0.25, 0.3) is 0 Å². The van der Waals surface area contributed by atoms with Crippen LogP contribution in [0.15, 0.2) is 48.8 Å². The summed E-state index contributed by atoms with van der Waals surface area (Å²) in [4.78, 5) is 4.10. The van der Waals surface area contributed by atoms with Crippen LogP contribution < -0.4 is 11.1 Å². The lowest BCUT2D eigenvalue weighted by Crippen LogP contribution is -2.00. The molecule has 0 atom stereocenters. The highest BCUT2D eigenvalue weighted by Gasteiger charge is 2.13. The van der Waals surface area contributed by atoms with Crippen molar-refractivity contribution in [3.05, 3.63) is 60.2 Å². The van der Waals surface area contributed by atoms with E-state index < -0.39 is 0 Å². The monoisotopic (exact) mass is 300 g/mol. The van der Waals surface area contributed by atoms with Gasteiger partial charge in [-0.3, -0.25) is 4.98 Å². The van der Waals surface area contributed by atoms with E-state index in [0.29, 0.717) is 12.4 Å². The summed E-state index contributed by atoms with van der Waals surface area (Å²) in [5, 5.41) is 4.11. The van der Waals surface area contributed by atoms with Gasteiger partial charge in [0, 0.05) is 24.5 Å². The molecule has 0 spiro atoms. The molecule has 21 heavy (non-hydrogen) atoms. The molecule has 0 saturated carbocycles. The van der Waals surface area contributed by atoms with Crippen LogP contribution in [0, 0.1) is 5.82 Å². The maximum Gasteiger partial charge on any atom is 0.147 e. The van der Waals surface area contributed by atoms with Crippen LogP contribution in [-0.4, -0.2) is 9.36 Å². The van der Waals surface area contributed by atoms with Crippen LogP contribution in [0.4, 0.5) is 15.2 Å². The van der Waals surface area contributed by atoms with E-state index in [-0.39, 0.29) is 5.82 Å². The van der Waals surface area contributed by atoms with Crippen molar-refractivity contribution in [1.29, 1.82) is 0 Å². The fraction of sp³-hybridized carbons (Fsp3) is 0.0667. The fourth-order valence-corrected chi connectivity index (χ4v) is 2.77. The number of nitrogens with one attached hydrogen (secondary N) is 1. The Morgan fingerprint density at radius 2 is 2.14 bits per heavy atom. The van der Waals surface area contributed by atoms with Crippen LogP contribution in [0.3, 0.4) is 0 Å². The summed E-state index contributed by atoms with van der Waals surface area (Å²) >= 11 is 1.29. The molecule has 4 nitrogen and oxygen atoms in total. The number of hydrogen-bond donors (Lipinski definition) is 2. The third-order valence-electron chi connectivity index (χ3n) is 3.01. The zero-order valence-electron chi connectivity index (χ0n) is 11.1. The van der Waals surface area contributed by atoms with E-state index in [2.05, 4.69) is 14.7 Å². The van der Waals surface area contributed by atoms with Gasteiger partial charge in [0.2, 0.25) is 0 Å². The smallest absolute Gasteiger partial charge is 0.147 e. The van der Waals surface area contributed by atoms with Gasteiger partial charge in [0.15, 0.2) is 0 Å². The molecule has 0 aliphatic heterocycles. The number of nitrogen functional groups attached to an aromatic ring is 1. The first-order valence-corrected chi connectivity index (χ1v) is 7.15. The number of halogens is 1. The van der Waals surface area contributed by atoms with Crippen LogP contribution in [0.1, 0.15) is 5.56 Å². The van der Waals surface area contributed by atoms with E-state index in [0.717, 1.165) is 21.7 Å². The van der Waals surface area contributed by atoms with Gasteiger partial charge in [-0.25, -0.2) is 4.39 Å². The zero-order chi connectivity index (χ0) is 14.7. The lowest BCUT2D eigenvalue weighted by Gasteiger charge is -2.07. The lowest BCUT2D eigenvalue weighted by atomic mass is 10.1. The van der Waals surface area contributed by atoms with Gasteiger partial charge < -0.3 is 11.1 Å². The molecular weight excluding hydrogens is 287 g/mol. The molecule has 1 aromatic carbocycles. The van der Waals surface area contributed by atoms with Crippen molar-refractivity contribution in [3.63, 3.8) is 0 Å². The Morgan fingerprint density at radius 1 is 1.24 bits per heavy atom. The minimum atomic E-state index is -0.245. The van der Waals surface area contributed by atoms with E-state index in [1.54, 1.807) is 18.5 Å². The van der Waals surface area contributed by atoms with Crippen molar-refractivity contribution in [2.24, 2.45) is 0 Å². The Bertz CT molecular complexity index is 742. The van der Waals surface area contributed by atoms with Gasteiger partial charge in [-0.1, -0.05) is 18.2 Å². The Balaban J connectivity index is 1.84. The minimum absolute atomic E-state index is 0.245. The molecule has 0 fully saturated rings. The predicted octanol–water partition coefficient (Wildman–Crippen LogP) is 3.54. The zero-order valence-corrected chi connectivity index (χ0v) is 11.9. The standard InChI is InChI=1S/C15H13FN4S/c16-12-5-1-3-10(7-12)8-19-15-13(14(17)20-21-15)11-4-2-6-18-9-11/h1-7,9,19H,8H2,(H2,17,20). The molecule has 2 aromatic heterocycles. The number of aromatic nitrogens is 2. The molecule has 0 radical (unpaired) electrons. The van der Waals surface area contributed by atoms with E-state index in [4.69, 9.17) is 5.73 Å². The minimum Gasteiger partial charge on any atom is -0.382 e. The summed E-state index contributed by atoms with van der Waals surface area (Å²) in [7, 11) is 0. The van der Waals surface area contributed by atoms with Crippen molar-refractivity contribution >= 4 is 22.4 Å². The second kappa shape index (κ2) is 5.88. The van der Waals surface area contributed by atoms with Gasteiger partial charge in [0.1, 0.15) is 16.6 Å². The van der Waals surface area contributed by atoms with Crippen LogP contribution in [0.2, 0.25) is 0 Å². The molecule has 0 bridgehead atoms. The van der Waals surface area contributed by atoms with Crippen LogP contribution in [0.25, 0.3) is 11.1 Å². The second-order valence-corrected chi connectivity index (χ2v) is 5.27. The summed E-state index contributed by atoms with van der Waals surface area (Å²) < 4.78 is 17.4. The topological polar surface area (TPSA) is 63.8 Å². The predicted molar refractivity (Wildman–Crippen MR) is 83.5 cm³/mol. The number of anilines is 2. The van der Waals surface area contributed by atoms with E-state index in [1.165, 1.54) is 23.7 Å². The number of pyridine rings is 1. The van der Waals surface area contributed by atoms with Crippen molar-refractivity contribution in [3.8, 4) is 11.1 Å². The highest BCUT2D eigenvalue weighted by Crippen LogP contribution is 2.36. The number of hydrogen-bond acceptors (Lipinski definition) is 5. The molecule has 0 saturated heterocycles. The summed E-state index contributed by atoms with van der Waals surface area (Å²) in [5.74, 6) is 0.223. The third kappa shape index (κ3) is 3.00. The number of nitrogens with zero attached hydrogens (tertiary/aromatic N) is 2. The maximum absolute atomic E-state index is 13.2. The first-order valence-electron chi connectivity index (χ1n) is 6.38. The normalized spacial score (nSPS) is 10.5. The molecular formula is C15H13FN4S. The molecule has 6 heteroatoms. The summed E-state index contributed by atoms with van der Waals surface area (Å²) in [6.45, 7) is 0.507. The van der Waals surface area contributed by atoms with Gasteiger partial charge in [-0.15, -0.1) is 0 Å². The number of benzene rings is 1. The third-order valence-corrected chi connectivity index (χ3v) is 3.83.